The molecule has 0 radical (unpaired) electrons. The molecule has 2 rings (SSSR count). The maximum atomic E-state index is 11.7. The van der Waals surface area contributed by atoms with Gasteiger partial charge in [0.15, 0.2) is 0 Å². The van der Waals surface area contributed by atoms with E-state index in [0.717, 1.165) is 5.56 Å². The van der Waals surface area contributed by atoms with Gasteiger partial charge in [-0.25, -0.2) is 0 Å². The van der Waals surface area contributed by atoms with Gasteiger partial charge in [0, 0.05) is 11.8 Å². The zero-order valence-corrected chi connectivity index (χ0v) is 9.63. The van der Waals surface area contributed by atoms with Crippen LogP contribution in [0, 0.1) is 0 Å². The molecule has 0 unspecified atom stereocenters. The number of phenolic OH excluding ortho intramolecular Hbond substituents is 2. The maximum absolute atomic E-state index is 11.7. The number of carbonyl (C=O) groups excluding carboxylic acids is 1. The van der Waals surface area contributed by atoms with E-state index >= 15 is 0 Å². The molecule has 0 aliphatic heterocycles. The Morgan fingerprint density at radius 1 is 1.00 bits per heavy atom. The number of aromatic hydroxyl groups is 2. The van der Waals surface area contributed by atoms with E-state index in [1.807, 2.05) is 0 Å². The monoisotopic (exact) mass is 243 g/mol. The average Bonchev–Trinajstić information content (AvgIpc) is 2.28. The molecule has 4 heteroatoms. The third kappa shape index (κ3) is 3.25. The molecule has 92 valence electrons. The van der Waals surface area contributed by atoms with Gasteiger partial charge in [0.2, 0.25) is 5.91 Å². The van der Waals surface area contributed by atoms with E-state index in [2.05, 4.69) is 5.32 Å². The SMILES string of the molecule is O=C(Cc1cccc(O)c1)Nc1cccc(O)c1. The predicted molar refractivity (Wildman–Crippen MR) is 68.5 cm³/mol. The number of hydrogen-bond acceptors (Lipinski definition) is 3. The number of amides is 1. The van der Waals surface area contributed by atoms with Crippen LogP contribution in [0.4, 0.5) is 5.69 Å². The summed E-state index contributed by atoms with van der Waals surface area (Å²) in [6.45, 7) is 0. The molecular weight excluding hydrogens is 230 g/mol. The molecule has 0 aliphatic rings. The van der Waals surface area contributed by atoms with Gasteiger partial charge in [-0.05, 0) is 29.8 Å². The van der Waals surface area contributed by atoms with Crippen LogP contribution in [-0.4, -0.2) is 16.1 Å². The van der Waals surface area contributed by atoms with Crippen molar-refractivity contribution in [1.29, 1.82) is 0 Å². The Labute approximate surface area is 105 Å². The highest BCUT2D eigenvalue weighted by atomic mass is 16.3. The molecule has 18 heavy (non-hydrogen) atoms. The van der Waals surface area contributed by atoms with E-state index in [-0.39, 0.29) is 23.8 Å². The quantitative estimate of drug-likeness (QED) is 0.774. The molecule has 0 fully saturated rings. The van der Waals surface area contributed by atoms with Gasteiger partial charge in [0.1, 0.15) is 11.5 Å². The summed E-state index contributed by atoms with van der Waals surface area (Å²) in [5, 5.41) is 21.2. The third-order valence-electron chi connectivity index (χ3n) is 2.41. The first kappa shape index (κ1) is 12.0. The van der Waals surface area contributed by atoms with Crippen molar-refractivity contribution in [2.45, 2.75) is 6.42 Å². The van der Waals surface area contributed by atoms with Crippen LogP contribution < -0.4 is 5.32 Å². The van der Waals surface area contributed by atoms with Crippen molar-refractivity contribution in [1.82, 2.24) is 0 Å². The molecule has 2 aromatic rings. The van der Waals surface area contributed by atoms with Crippen molar-refractivity contribution < 1.29 is 15.0 Å². The van der Waals surface area contributed by atoms with E-state index in [1.54, 1.807) is 36.4 Å². The van der Waals surface area contributed by atoms with Gasteiger partial charge >= 0.3 is 0 Å². The number of hydrogen-bond donors (Lipinski definition) is 3. The molecule has 0 saturated carbocycles. The van der Waals surface area contributed by atoms with Crippen molar-refractivity contribution >= 4 is 11.6 Å². The lowest BCUT2D eigenvalue weighted by Crippen LogP contribution is -2.14. The van der Waals surface area contributed by atoms with Gasteiger partial charge in [-0.2, -0.15) is 0 Å². The smallest absolute Gasteiger partial charge is 0.228 e. The number of nitrogens with one attached hydrogen (secondary N) is 1. The van der Waals surface area contributed by atoms with E-state index < -0.39 is 0 Å². The van der Waals surface area contributed by atoms with Crippen LogP contribution in [-0.2, 0) is 11.2 Å². The standard InChI is InChI=1S/C14H13NO3/c16-12-5-1-3-10(7-12)8-14(18)15-11-4-2-6-13(17)9-11/h1-7,9,16-17H,8H2,(H,15,18). The summed E-state index contributed by atoms with van der Waals surface area (Å²) in [5.74, 6) is 0.0361. The van der Waals surface area contributed by atoms with Crippen LogP contribution in [0.1, 0.15) is 5.56 Å². The van der Waals surface area contributed by atoms with Crippen molar-refractivity contribution in [3.8, 4) is 11.5 Å². The Hall–Kier alpha value is -2.49. The van der Waals surface area contributed by atoms with Gasteiger partial charge < -0.3 is 15.5 Å². The zero-order valence-electron chi connectivity index (χ0n) is 9.63. The minimum atomic E-state index is -0.203. The van der Waals surface area contributed by atoms with Crippen LogP contribution in [0.15, 0.2) is 48.5 Å². The predicted octanol–water partition coefficient (Wildman–Crippen LogP) is 2.28. The molecule has 3 N–H and O–H groups in total. The minimum absolute atomic E-state index is 0.102. The fourth-order valence-corrected chi connectivity index (χ4v) is 1.64. The summed E-state index contributed by atoms with van der Waals surface area (Å²) >= 11 is 0. The number of benzene rings is 2. The lowest BCUT2D eigenvalue weighted by molar-refractivity contribution is -0.115. The number of phenols is 2. The topological polar surface area (TPSA) is 69.6 Å². The molecule has 0 heterocycles. The van der Waals surface area contributed by atoms with E-state index in [0.29, 0.717) is 5.69 Å². The van der Waals surface area contributed by atoms with Crippen molar-refractivity contribution in [2.75, 3.05) is 5.32 Å². The first-order chi connectivity index (χ1) is 8.63. The summed E-state index contributed by atoms with van der Waals surface area (Å²) < 4.78 is 0. The fraction of sp³-hybridized carbons (Fsp3) is 0.0714. The second-order valence-corrected chi connectivity index (χ2v) is 3.95. The van der Waals surface area contributed by atoms with Crippen molar-refractivity contribution in [3.63, 3.8) is 0 Å². The molecule has 0 aromatic heterocycles. The minimum Gasteiger partial charge on any atom is -0.508 e. The number of rotatable bonds is 3. The second kappa shape index (κ2) is 5.23. The molecule has 0 bridgehead atoms. The first-order valence-electron chi connectivity index (χ1n) is 5.50. The van der Waals surface area contributed by atoms with Crippen molar-refractivity contribution in [2.24, 2.45) is 0 Å². The Morgan fingerprint density at radius 3 is 2.33 bits per heavy atom. The Bertz CT molecular complexity index is 517. The summed E-state index contributed by atoms with van der Waals surface area (Å²) in [6, 6.07) is 12.9. The van der Waals surface area contributed by atoms with Crippen LogP contribution in [0.5, 0.6) is 11.5 Å². The maximum Gasteiger partial charge on any atom is 0.228 e. The number of carbonyl (C=O) groups is 1. The highest BCUT2D eigenvalue weighted by molar-refractivity contribution is 5.92. The van der Waals surface area contributed by atoms with Crippen molar-refractivity contribution in [3.05, 3.63) is 54.1 Å². The van der Waals surface area contributed by atoms with Crippen LogP contribution in [0.25, 0.3) is 0 Å². The van der Waals surface area contributed by atoms with E-state index in [4.69, 9.17) is 0 Å². The first-order valence-corrected chi connectivity index (χ1v) is 5.50. The highest BCUT2D eigenvalue weighted by Crippen LogP contribution is 2.16. The molecule has 2 aromatic carbocycles. The Kier molecular flexibility index (Phi) is 3.48. The molecule has 0 atom stereocenters. The summed E-state index contributed by atoms with van der Waals surface area (Å²) in [6.07, 6.45) is 0.171. The molecule has 4 nitrogen and oxygen atoms in total. The largest absolute Gasteiger partial charge is 0.508 e. The van der Waals surface area contributed by atoms with Gasteiger partial charge in [-0.1, -0.05) is 18.2 Å². The summed E-state index contributed by atoms with van der Waals surface area (Å²) in [5.41, 5.74) is 1.27. The molecule has 0 saturated heterocycles. The van der Waals surface area contributed by atoms with Gasteiger partial charge in [0.05, 0.1) is 6.42 Å². The zero-order chi connectivity index (χ0) is 13.0. The van der Waals surface area contributed by atoms with E-state index in [9.17, 15) is 15.0 Å². The van der Waals surface area contributed by atoms with Gasteiger partial charge in [-0.15, -0.1) is 0 Å². The Balaban J connectivity index is 2.01. The highest BCUT2D eigenvalue weighted by Gasteiger charge is 2.05. The van der Waals surface area contributed by atoms with E-state index in [1.165, 1.54) is 12.1 Å². The fourth-order valence-electron chi connectivity index (χ4n) is 1.64. The number of anilines is 1. The molecular formula is C14H13NO3. The molecule has 0 aliphatic carbocycles. The van der Waals surface area contributed by atoms with Crippen LogP contribution in [0.3, 0.4) is 0 Å². The normalized spacial score (nSPS) is 10.0. The van der Waals surface area contributed by atoms with Gasteiger partial charge in [-0.3, -0.25) is 4.79 Å². The average molecular weight is 243 g/mol. The van der Waals surface area contributed by atoms with Gasteiger partial charge in [0.25, 0.3) is 0 Å². The van der Waals surface area contributed by atoms with Crippen LogP contribution >= 0.6 is 0 Å². The lowest BCUT2D eigenvalue weighted by atomic mass is 10.1. The Morgan fingerprint density at radius 2 is 1.67 bits per heavy atom. The molecule has 0 spiro atoms. The third-order valence-corrected chi connectivity index (χ3v) is 2.41. The van der Waals surface area contributed by atoms with Crippen LogP contribution in [0.2, 0.25) is 0 Å². The lowest BCUT2D eigenvalue weighted by Gasteiger charge is -2.05. The summed E-state index contributed by atoms with van der Waals surface area (Å²) in [4.78, 5) is 11.7. The summed E-state index contributed by atoms with van der Waals surface area (Å²) in [7, 11) is 0. The second-order valence-electron chi connectivity index (χ2n) is 3.95. The molecule has 1 amide bonds.